The summed E-state index contributed by atoms with van der Waals surface area (Å²) in [6.07, 6.45) is 1.50. The van der Waals surface area contributed by atoms with Crippen LogP contribution in [-0.2, 0) is 0 Å². The van der Waals surface area contributed by atoms with E-state index in [2.05, 4.69) is 5.32 Å². The summed E-state index contributed by atoms with van der Waals surface area (Å²) in [4.78, 5) is 12.2. The first-order valence-electron chi connectivity index (χ1n) is 5.76. The van der Waals surface area contributed by atoms with Crippen LogP contribution in [0.3, 0.4) is 0 Å². The molecule has 5 heteroatoms. The van der Waals surface area contributed by atoms with Crippen molar-refractivity contribution >= 4 is 40.7 Å². The van der Waals surface area contributed by atoms with Gasteiger partial charge in [-0.15, -0.1) is 11.6 Å². The monoisotopic (exact) mass is 307 g/mol. The predicted octanol–water partition coefficient (Wildman–Crippen LogP) is 4.52. The van der Waals surface area contributed by atoms with E-state index in [1.807, 2.05) is 13.8 Å². The van der Waals surface area contributed by atoms with Gasteiger partial charge in [-0.2, -0.15) is 0 Å². The molecule has 0 radical (unpaired) electrons. The molecule has 100 valence electrons. The molecule has 0 aliphatic heterocycles. The normalized spacial score (nSPS) is 14.1. The van der Waals surface area contributed by atoms with Gasteiger partial charge in [0, 0.05) is 11.4 Å². The van der Waals surface area contributed by atoms with Crippen molar-refractivity contribution in [2.45, 2.75) is 32.2 Å². The molecule has 0 saturated heterocycles. The van der Waals surface area contributed by atoms with Gasteiger partial charge in [0.2, 0.25) is 0 Å². The van der Waals surface area contributed by atoms with Crippen LogP contribution in [0.1, 0.15) is 37.0 Å². The summed E-state index contributed by atoms with van der Waals surface area (Å²) in [5, 5.41) is 3.62. The number of nitrogens with one attached hydrogen (secondary N) is 1. The maximum Gasteiger partial charge on any atom is 0.253 e. The van der Waals surface area contributed by atoms with Crippen molar-refractivity contribution < 1.29 is 4.79 Å². The highest BCUT2D eigenvalue weighted by molar-refractivity contribution is 6.43. The molecule has 0 aliphatic rings. The van der Waals surface area contributed by atoms with Crippen LogP contribution in [0.5, 0.6) is 0 Å². The van der Waals surface area contributed by atoms with E-state index in [0.29, 0.717) is 22.9 Å². The summed E-state index contributed by atoms with van der Waals surface area (Å²) < 4.78 is 0. The second-order valence-corrected chi connectivity index (χ2v) is 5.57. The highest BCUT2D eigenvalue weighted by Gasteiger charge is 2.25. The third-order valence-electron chi connectivity index (χ3n) is 3.04. The Morgan fingerprint density at radius 2 is 2.06 bits per heavy atom. The van der Waals surface area contributed by atoms with E-state index in [9.17, 15) is 4.79 Å². The summed E-state index contributed by atoms with van der Waals surface area (Å²) in [7, 11) is 0. The molecule has 1 N–H and O–H groups in total. The Labute approximate surface area is 123 Å². The van der Waals surface area contributed by atoms with E-state index in [4.69, 9.17) is 34.8 Å². The topological polar surface area (TPSA) is 29.1 Å². The molecule has 1 rings (SSSR count). The molecule has 0 fully saturated rings. The van der Waals surface area contributed by atoms with Crippen molar-refractivity contribution in [1.82, 2.24) is 5.32 Å². The average molecular weight is 309 g/mol. The number of hydrogen-bond donors (Lipinski definition) is 1. The molecule has 1 aromatic rings. The third kappa shape index (κ3) is 3.78. The first kappa shape index (κ1) is 15.6. The van der Waals surface area contributed by atoms with E-state index in [1.54, 1.807) is 18.2 Å². The minimum Gasteiger partial charge on any atom is -0.347 e. The van der Waals surface area contributed by atoms with E-state index in [0.717, 1.165) is 6.42 Å². The molecule has 1 amide bonds. The van der Waals surface area contributed by atoms with Gasteiger partial charge >= 0.3 is 0 Å². The summed E-state index contributed by atoms with van der Waals surface area (Å²) in [6, 6.07) is 5.01. The summed E-state index contributed by atoms with van der Waals surface area (Å²) in [6.45, 7) is 3.97. The summed E-state index contributed by atoms with van der Waals surface area (Å²) >= 11 is 17.7. The molecule has 2 nitrogen and oxygen atoms in total. The maximum absolute atomic E-state index is 12.2. The second-order valence-electron chi connectivity index (χ2n) is 4.41. The largest absolute Gasteiger partial charge is 0.347 e. The van der Waals surface area contributed by atoms with Crippen LogP contribution < -0.4 is 5.32 Å². The number of halogens is 3. The maximum atomic E-state index is 12.2. The molecular weight excluding hydrogens is 293 g/mol. The van der Waals surface area contributed by atoms with Crippen molar-refractivity contribution in [3.8, 4) is 0 Å². The highest BCUT2D eigenvalue weighted by atomic mass is 35.5. The fourth-order valence-corrected chi connectivity index (χ4v) is 2.36. The van der Waals surface area contributed by atoms with Crippen LogP contribution in [0.25, 0.3) is 0 Å². The Balaban J connectivity index is 2.91. The second kappa shape index (κ2) is 6.65. The van der Waals surface area contributed by atoms with Crippen LogP contribution in [0.15, 0.2) is 18.2 Å². The number of alkyl halides is 1. The molecule has 1 unspecified atom stereocenters. The quantitative estimate of drug-likeness (QED) is 0.796. The van der Waals surface area contributed by atoms with Crippen LogP contribution in [0.4, 0.5) is 0 Å². The SMILES string of the molecule is CCC(C)(CCCl)NC(=O)c1cccc(Cl)c1Cl. The number of benzene rings is 1. The zero-order chi connectivity index (χ0) is 13.8. The molecule has 0 aromatic heterocycles. The molecule has 0 spiro atoms. The standard InChI is InChI=1S/C13H16Cl3NO/c1-3-13(2,7-8-14)17-12(18)9-5-4-6-10(15)11(9)16/h4-6H,3,7-8H2,1-2H3,(H,17,18). The smallest absolute Gasteiger partial charge is 0.253 e. The third-order valence-corrected chi connectivity index (χ3v) is 4.05. The predicted molar refractivity (Wildman–Crippen MR) is 78.0 cm³/mol. The van der Waals surface area contributed by atoms with Gasteiger partial charge in [0.15, 0.2) is 0 Å². The summed E-state index contributed by atoms with van der Waals surface area (Å²) in [5.41, 5.74) is 0.0585. The average Bonchev–Trinajstić information content (AvgIpc) is 2.32. The zero-order valence-corrected chi connectivity index (χ0v) is 12.7. The molecule has 0 heterocycles. The Bertz CT molecular complexity index is 436. The van der Waals surface area contributed by atoms with E-state index in [1.165, 1.54) is 0 Å². The lowest BCUT2D eigenvalue weighted by atomic mass is 9.95. The first-order valence-corrected chi connectivity index (χ1v) is 7.05. The van der Waals surface area contributed by atoms with Crippen molar-refractivity contribution in [1.29, 1.82) is 0 Å². The highest BCUT2D eigenvalue weighted by Crippen LogP contribution is 2.26. The molecule has 0 aliphatic carbocycles. The Hall–Kier alpha value is -0.440. The van der Waals surface area contributed by atoms with Gasteiger partial charge in [0.05, 0.1) is 15.6 Å². The number of rotatable bonds is 5. The van der Waals surface area contributed by atoms with Gasteiger partial charge in [-0.05, 0) is 31.9 Å². The molecular formula is C13H16Cl3NO. The van der Waals surface area contributed by atoms with Crippen LogP contribution in [0, 0.1) is 0 Å². The zero-order valence-electron chi connectivity index (χ0n) is 10.4. The minimum atomic E-state index is -0.329. The Morgan fingerprint density at radius 1 is 1.39 bits per heavy atom. The number of hydrogen-bond acceptors (Lipinski definition) is 1. The van der Waals surface area contributed by atoms with E-state index < -0.39 is 0 Å². The Morgan fingerprint density at radius 3 is 2.61 bits per heavy atom. The fraction of sp³-hybridized carbons (Fsp3) is 0.462. The van der Waals surface area contributed by atoms with Crippen molar-refractivity contribution in [2.75, 3.05) is 5.88 Å². The van der Waals surface area contributed by atoms with Gasteiger partial charge in [0.25, 0.3) is 5.91 Å². The lowest BCUT2D eigenvalue weighted by Crippen LogP contribution is -2.45. The van der Waals surface area contributed by atoms with Gasteiger partial charge in [0.1, 0.15) is 0 Å². The van der Waals surface area contributed by atoms with Crippen LogP contribution >= 0.6 is 34.8 Å². The van der Waals surface area contributed by atoms with Crippen LogP contribution in [0.2, 0.25) is 10.0 Å². The van der Waals surface area contributed by atoms with Gasteiger partial charge in [-0.3, -0.25) is 4.79 Å². The molecule has 1 aromatic carbocycles. The van der Waals surface area contributed by atoms with Gasteiger partial charge in [-0.1, -0.05) is 36.2 Å². The fourth-order valence-electron chi connectivity index (χ4n) is 1.56. The molecule has 0 bridgehead atoms. The molecule has 18 heavy (non-hydrogen) atoms. The van der Waals surface area contributed by atoms with Crippen molar-refractivity contribution in [3.63, 3.8) is 0 Å². The summed E-state index contributed by atoms with van der Waals surface area (Å²) in [5.74, 6) is 0.269. The van der Waals surface area contributed by atoms with Crippen LogP contribution in [-0.4, -0.2) is 17.3 Å². The van der Waals surface area contributed by atoms with Crippen molar-refractivity contribution in [3.05, 3.63) is 33.8 Å². The lowest BCUT2D eigenvalue weighted by molar-refractivity contribution is 0.0901. The first-order chi connectivity index (χ1) is 8.43. The Kier molecular flexibility index (Phi) is 5.77. The lowest BCUT2D eigenvalue weighted by Gasteiger charge is -2.29. The number of carbonyl (C=O) groups excluding carboxylic acids is 1. The van der Waals surface area contributed by atoms with E-state index >= 15 is 0 Å². The molecule has 1 atom stereocenters. The number of amides is 1. The number of carbonyl (C=O) groups is 1. The van der Waals surface area contributed by atoms with Gasteiger partial charge in [-0.25, -0.2) is 0 Å². The molecule has 0 saturated carbocycles. The van der Waals surface area contributed by atoms with Crippen molar-refractivity contribution in [2.24, 2.45) is 0 Å². The minimum absolute atomic E-state index is 0.225. The van der Waals surface area contributed by atoms with E-state index in [-0.39, 0.29) is 16.5 Å². The van der Waals surface area contributed by atoms with Gasteiger partial charge < -0.3 is 5.32 Å².